The van der Waals surface area contributed by atoms with Gasteiger partial charge in [-0.3, -0.25) is 9.63 Å². The summed E-state index contributed by atoms with van der Waals surface area (Å²) in [6.07, 6.45) is -2.42. The highest BCUT2D eigenvalue weighted by Crippen LogP contribution is 2.28. The lowest BCUT2D eigenvalue weighted by Crippen LogP contribution is -2.25. The van der Waals surface area contributed by atoms with Gasteiger partial charge >= 0.3 is 6.18 Å². The predicted molar refractivity (Wildman–Crippen MR) is 70.2 cm³/mol. The van der Waals surface area contributed by atoms with Crippen LogP contribution < -0.4 is 0 Å². The van der Waals surface area contributed by atoms with E-state index < -0.39 is 17.6 Å². The fourth-order valence-electron chi connectivity index (χ4n) is 1.78. The SMILES string of the molecule is CON(C)C(=O)c1cnn(-c2ccc(C(F)(F)F)cn2)c1C. The molecule has 9 heteroatoms. The number of aromatic nitrogens is 3. The third-order valence-electron chi connectivity index (χ3n) is 3.09. The van der Waals surface area contributed by atoms with E-state index in [2.05, 4.69) is 10.1 Å². The van der Waals surface area contributed by atoms with Crippen LogP contribution in [0.15, 0.2) is 24.5 Å². The van der Waals surface area contributed by atoms with Gasteiger partial charge in [0.1, 0.15) is 0 Å². The van der Waals surface area contributed by atoms with Gasteiger partial charge in [-0.15, -0.1) is 0 Å². The van der Waals surface area contributed by atoms with Crippen LogP contribution in [-0.2, 0) is 11.0 Å². The summed E-state index contributed by atoms with van der Waals surface area (Å²) in [5, 5.41) is 5.01. The second-order valence-corrected chi connectivity index (χ2v) is 4.44. The van der Waals surface area contributed by atoms with Gasteiger partial charge in [0.05, 0.1) is 30.1 Å². The Labute approximate surface area is 124 Å². The molecule has 0 aliphatic heterocycles. The molecule has 0 bridgehead atoms. The standard InChI is InChI=1S/C13H13F3N4O2/c1-8-10(12(21)19(2)22-3)7-18-20(8)11-5-4-9(6-17-11)13(14,15)16/h4-7H,1-3H3. The Bertz CT molecular complexity index is 680. The van der Waals surface area contributed by atoms with E-state index in [9.17, 15) is 18.0 Å². The van der Waals surface area contributed by atoms with Gasteiger partial charge < -0.3 is 0 Å². The van der Waals surface area contributed by atoms with Crippen LogP contribution in [0.4, 0.5) is 13.2 Å². The van der Waals surface area contributed by atoms with Gasteiger partial charge in [0, 0.05) is 13.2 Å². The molecule has 0 radical (unpaired) electrons. The number of hydroxylamine groups is 2. The van der Waals surface area contributed by atoms with Gasteiger partial charge in [-0.1, -0.05) is 0 Å². The van der Waals surface area contributed by atoms with Crippen molar-refractivity contribution >= 4 is 5.91 Å². The van der Waals surface area contributed by atoms with Crippen LogP contribution in [0, 0.1) is 6.92 Å². The Hall–Kier alpha value is -2.42. The first-order valence-corrected chi connectivity index (χ1v) is 6.16. The number of carbonyl (C=O) groups excluding carboxylic acids is 1. The maximum absolute atomic E-state index is 12.5. The molecule has 2 aromatic heterocycles. The summed E-state index contributed by atoms with van der Waals surface area (Å²) >= 11 is 0. The molecule has 2 rings (SSSR count). The van der Waals surface area contributed by atoms with Crippen molar-refractivity contribution in [2.24, 2.45) is 0 Å². The zero-order valence-electron chi connectivity index (χ0n) is 12.0. The van der Waals surface area contributed by atoms with Crippen LogP contribution in [0.2, 0.25) is 0 Å². The quantitative estimate of drug-likeness (QED) is 0.815. The van der Waals surface area contributed by atoms with E-state index in [0.29, 0.717) is 5.69 Å². The molecule has 0 aromatic carbocycles. The zero-order chi connectivity index (χ0) is 16.5. The molecule has 0 fully saturated rings. The van der Waals surface area contributed by atoms with Crippen molar-refractivity contribution in [3.05, 3.63) is 41.3 Å². The Morgan fingerprint density at radius 3 is 2.50 bits per heavy atom. The molecule has 118 valence electrons. The molecule has 0 saturated heterocycles. The van der Waals surface area contributed by atoms with Gasteiger partial charge in [0.25, 0.3) is 5.91 Å². The van der Waals surface area contributed by atoms with E-state index in [-0.39, 0.29) is 11.4 Å². The van der Waals surface area contributed by atoms with E-state index in [4.69, 9.17) is 4.84 Å². The first kappa shape index (κ1) is 16.0. The molecule has 0 N–H and O–H groups in total. The zero-order valence-corrected chi connectivity index (χ0v) is 12.0. The normalized spacial score (nSPS) is 11.5. The monoisotopic (exact) mass is 314 g/mol. The molecule has 22 heavy (non-hydrogen) atoms. The highest BCUT2D eigenvalue weighted by atomic mass is 19.4. The highest BCUT2D eigenvalue weighted by molar-refractivity contribution is 5.94. The summed E-state index contributed by atoms with van der Waals surface area (Å²) in [7, 11) is 2.78. The van der Waals surface area contributed by atoms with Gasteiger partial charge in [0.15, 0.2) is 5.82 Å². The van der Waals surface area contributed by atoms with E-state index in [1.165, 1.54) is 31.1 Å². The van der Waals surface area contributed by atoms with Crippen molar-refractivity contribution in [3.63, 3.8) is 0 Å². The molecular weight excluding hydrogens is 301 g/mol. The summed E-state index contributed by atoms with van der Waals surface area (Å²) in [6.45, 7) is 1.61. The van der Waals surface area contributed by atoms with Crippen LogP contribution in [0.1, 0.15) is 21.6 Å². The number of halogens is 3. The number of alkyl halides is 3. The first-order chi connectivity index (χ1) is 10.3. The maximum atomic E-state index is 12.5. The Balaban J connectivity index is 2.35. The van der Waals surface area contributed by atoms with Crippen LogP contribution in [-0.4, -0.2) is 39.9 Å². The molecular formula is C13H13F3N4O2. The molecule has 0 aliphatic rings. The molecule has 1 amide bonds. The van der Waals surface area contributed by atoms with Crippen LogP contribution in [0.25, 0.3) is 5.82 Å². The van der Waals surface area contributed by atoms with Crippen LogP contribution >= 0.6 is 0 Å². The Morgan fingerprint density at radius 1 is 1.32 bits per heavy atom. The molecule has 2 heterocycles. The van der Waals surface area contributed by atoms with Crippen molar-refractivity contribution in [2.45, 2.75) is 13.1 Å². The summed E-state index contributed by atoms with van der Waals surface area (Å²) in [4.78, 5) is 20.5. The smallest absolute Gasteiger partial charge is 0.274 e. The number of pyridine rings is 1. The van der Waals surface area contributed by atoms with Gasteiger partial charge in [-0.05, 0) is 19.1 Å². The molecule has 0 saturated carbocycles. The van der Waals surface area contributed by atoms with Crippen LogP contribution in [0.3, 0.4) is 0 Å². The molecule has 0 aliphatic carbocycles. The topological polar surface area (TPSA) is 60.2 Å². The van der Waals surface area contributed by atoms with Crippen molar-refractivity contribution in [2.75, 3.05) is 14.2 Å². The lowest BCUT2D eigenvalue weighted by molar-refractivity contribution is -0.137. The van der Waals surface area contributed by atoms with Crippen LogP contribution in [0.5, 0.6) is 0 Å². The van der Waals surface area contributed by atoms with E-state index in [1.54, 1.807) is 6.92 Å². The van der Waals surface area contributed by atoms with Gasteiger partial charge in [-0.2, -0.15) is 18.3 Å². The Morgan fingerprint density at radius 2 is 2.00 bits per heavy atom. The second kappa shape index (κ2) is 5.76. The van der Waals surface area contributed by atoms with Gasteiger partial charge in [0.2, 0.25) is 0 Å². The Kier molecular flexibility index (Phi) is 4.18. The predicted octanol–water partition coefficient (Wildman–Crippen LogP) is 2.23. The summed E-state index contributed by atoms with van der Waals surface area (Å²) in [6, 6.07) is 2.10. The molecule has 0 spiro atoms. The fraction of sp³-hybridized carbons (Fsp3) is 0.308. The second-order valence-electron chi connectivity index (χ2n) is 4.44. The van der Waals surface area contributed by atoms with E-state index in [0.717, 1.165) is 17.3 Å². The first-order valence-electron chi connectivity index (χ1n) is 6.16. The minimum atomic E-state index is -4.45. The average molecular weight is 314 g/mol. The fourth-order valence-corrected chi connectivity index (χ4v) is 1.78. The maximum Gasteiger partial charge on any atom is 0.417 e. The van der Waals surface area contributed by atoms with Crippen molar-refractivity contribution in [3.8, 4) is 5.82 Å². The highest BCUT2D eigenvalue weighted by Gasteiger charge is 2.30. The number of hydrogen-bond acceptors (Lipinski definition) is 4. The summed E-state index contributed by atoms with van der Waals surface area (Å²) in [5.41, 5.74) is -0.135. The average Bonchev–Trinajstić information content (AvgIpc) is 2.86. The molecule has 0 unspecified atom stereocenters. The van der Waals surface area contributed by atoms with Crippen molar-refractivity contribution < 1.29 is 22.8 Å². The number of amides is 1. The lowest BCUT2D eigenvalue weighted by Gasteiger charge is -2.13. The van der Waals surface area contributed by atoms with Crippen molar-refractivity contribution in [1.29, 1.82) is 0 Å². The van der Waals surface area contributed by atoms with E-state index >= 15 is 0 Å². The third kappa shape index (κ3) is 2.93. The van der Waals surface area contributed by atoms with Crippen molar-refractivity contribution in [1.82, 2.24) is 19.8 Å². The number of hydrogen-bond donors (Lipinski definition) is 0. The number of rotatable bonds is 3. The minimum Gasteiger partial charge on any atom is -0.274 e. The molecule has 0 atom stereocenters. The molecule has 2 aromatic rings. The summed E-state index contributed by atoms with van der Waals surface area (Å²) < 4.78 is 38.8. The number of nitrogens with zero attached hydrogens (tertiary/aromatic N) is 4. The van der Waals surface area contributed by atoms with E-state index in [1.807, 2.05) is 0 Å². The minimum absolute atomic E-state index is 0.185. The largest absolute Gasteiger partial charge is 0.417 e. The lowest BCUT2D eigenvalue weighted by atomic mass is 10.2. The third-order valence-corrected chi connectivity index (χ3v) is 3.09. The summed E-state index contributed by atoms with van der Waals surface area (Å²) in [5.74, 6) is -0.234. The molecule has 6 nitrogen and oxygen atoms in total. The van der Waals surface area contributed by atoms with Gasteiger partial charge in [-0.25, -0.2) is 14.7 Å². The number of carbonyl (C=O) groups is 1.